The van der Waals surface area contributed by atoms with E-state index in [9.17, 15) is 0 Å². The van der Waals surface area contributed by atoms with E-state index in [4.69, 9.17) is 0 Å². The summed E-state index contributed by atoms with van der Waals surface area (Å²) in [5.74, 6) is 2.14. The molecule has 0 N–H and O–H groups in total. The summed E-state index contributed by atoms with van der Waals surface area (Å²) < 4.78 is 0. The largest absolute Gasteiger partial charge is 0.101 e. The molecule has 0 aromatic carbocycles. The van der Waals surface area contributed by atoms with Crippen LogP contribution in [0.1, 0.15) is 25.7 Å². The zero-order valence-corrected chi connectivity index (χ0v) is 7.40. The van der Waals surface area contributed by atoms with Gasteiger partial charge in [-0.25, -0.2) is 0 Å². The summed E-state index contributed by atoms with van der Waals surface area (Å²) in [6.45, 7) is 0. The monoisotopic (exact) mass is 136 g/mol. The quantitative estimate of drug-likeness (QED) is 0.494. The fourth-order valence-electron chi connectivity index (χ4n) is 2.05. The third kappa shape index (κ3) is 2.07. The molecule has 0 aromatic heterocycles. The Morgan fingerprint density at radius 2 is 1.10 bits per heavy atom. The minimum atomic E-state index is 1.07. The smallest absolute Gasteiger partial charge is 0.0783 e. The first-order chi connectivity index (χ1) is 4.86. The summed E-state index contributed by atoms with van der Waals surface area (Å²) in [5.41, 5.74) is 0. The van der Waals surface area contributed by atoms with Gasteiger partial charge in [-0.2, -0.15) is 0 Å². The Hall–Kier alpha value is 0.130. The van der Waals surface area contributed by atoms with Crippen molar-refractivity contribution < 1.29 is 0 Å². The van der Waals surface area contributed by atoms with Gasteiger partial charge >= 0.3 is 0 Å². The van der Waals surface area contributed by atoms with Crippen molar-refractivity contribution in [2.45, 2.75) is 38.3 Å². The first-order valence-corrected chi connectivity index (χ1v) is 4.86. The van der Waals surface area contributed by atoms with Crippen LogP contribution in [0.2, 0.25) is 12.6 Å². The highest BCUT2D eigenvalue weighted by molar-refractivity contribution is 6.09. The third-order valence-corrected chi connectivity index (χ3v) is 3.12. The molecule has 0 aliphatic heterocycles. The Labute approximate surface area is 66.6 Å². The predicted molar refractivity (Wildman–Crippen MR) is 52.2 cm³/mol. The highest BCUT2D eigenvalue weighted by atomic mass is 14.2. The summed E-state index contributed by atoms with van der Waals surface area (Å²) in [4.78, 5) is 0. The lowest BCUT2D eigenvalue weighted by Gasteiger charge is -2.26. The maximum absolute atomic E-state index is 2.33. The van der Waals surface area contributed by atoms with E-state index in [2.05, 4.69) is 15.7 Å². The molecule has 0 radical (unpaired) electrons. The van der Waals surface area contributed by atoms with Crippen LogP contribution in [0, 0.1) is 11.8 Å². The first kappa shape index (κ1) is 8.23. The van der Waals surface area contributed by atoms with Crippen LogP contribution in [0.5, 0.6) is 0 Å². The molecule has 0 spiro atoms. The second-order valence-electron chi connectivity index (χ2n) is 3.70. The predicted octanol–water partition coefficient (Wildman–Crippen LogP) is 0.896. The Kier molecular flexibility index (Phi) is 3.37. The topological polar surface area (TPSA) is 0 Å². The first-order valence-electron chi connectivity index (χ1n) is 4.86. The Morgan fingerprint density at radius 1 is 0.800 bits per heavy atom. The van der Waals surface area contributed by atoms with Gasteiger partial charge in [-0.3, -0.25) is 0 Å². The van der Waals surface area contributed by atoms with Crippen molar-refractivity contribution in [2.75, 3.05) is 0 Å². The molecule has 0 atom stereocenters. The summed E-state index contributed by atoms with van der Waals surface area (Å²) in [6.07, 6.45) is 8.86. The lowest BCUT2D eigenvalue weighted by Crippen LogP contribution is -2.13. The van der Waals surface area contributed by atoms with Gasteiger partial charge in [0.15, 0.2) is 0 Å². The zero-order valence-electron chi connectivity index (χ0n) is 7.40. The maximum Gasteiger partial charge on any atom is 0.101 e. The van der Waals surface area contributed by atoms with E-state index in [0.717, 1.165) is 11.8 Å². The van der Waals surface area contributed by atoms with Gasteiger partial charge in [-0.1, -0.05) is 38.3 Å². The Balaban J connectivity index is 2.17. The molecule has 1 fully saturated rings. The van der Waals surface area contributed by atoms with Crippen molar-refractivity contribution in [3.05, 3.63) is 0 Å². The standard InChI is InChI=1S/C8H18B2/c9-5-7-1-2-8(6-10)4-3-7/h7-8H,1-6,9-10H2. The van der Waals surface area contributed by atoms with Crippen LogP contribution in [0.3, 0.4) is 0 Å². The molecular formula is C8H18B2. The zero-order chi connectivity index (χ0) is 7.40. The van der Waals surface area contributed by atoms with E-state index in [0.29, 0.717) is 0 Å². The molecule has 0 bridgehead atoms. The summed E-state index contributed by atoms with van der Waals surface area (Å²) >= 11 is 0. The molecule has 0 amide bonds. The second kappa shape index (κ2) is 4.10. The summed E-state index contributed by atoms with van der Waals surface area (Å²) in [7, 11) is 4.66. The van der Waals surface area contributed by atoms with Gasteiger partial charge in [0.05, 0.1) is 0 Å². The van der Waals surface area contributed by atoms with Gasteiger partial charge in [0.2, 0.25) is 0 Å². The molecule has 0 saturated heterocycles. The summed E-state index contributed by atoms with van der Waals surface area (Å²) in [5, 5.41) is 0. The lowest BCUT2D eigenvalue weighted by molar-refractivity contribution is 0.308. The van der Waals surface area contributed by atoms with E-state index in [1.54, 1.807) is 0 Å². The van der Waals surface area contributed by atoms with E-state index in [1.807, 2.05) is 0 Å². The molecule has 0 unspecified atom stereocenters. The SMILES string of the molecule is BCC1CCC(CB)CC1. The minimum Gasteiger partial charge on any atom is -0.0783 e. The molecule has 2 heteroatoms. The van der Waals surface area contributed by atoms with E-state index in [1.165, 1.54) is 38.3 Å². The van der Waals surface area contributed by atoms with E-state index in [-0.39, 0.29) is 0 Å². The number of rotatable bonds is 2. The Morgan fingerprint density at radius 3 is 1.30 bits per heavy atom. The van der Waals surface area contributed by atoms with Crippen molar-refractivity contribution in [3.8, 4) is 0 Å². The molecule has 1 saturated carbocycles. The maximum atomic E-state index is 2.33. The molecule has 1 aliphatic carbocycles. The van der Waals surface area contributed by atoms with Crippen LogP contribution < -0.4 is 0 Å². The fourth-order valence-corrected chi connectivity index (χ4v) is 2.05. The van der Waals surface area contributed by atoms with E-state index >= 15 is 0 Å². The van der Waals surface area contributed by atoms with Crippen LogP contribution in [-0.4, -0.2) is 15.7 Å². The molecule has 0 heterocycles. The normalized spacial score (nSPS) is 34.0. The second-order valence-corrected chi connectivity index (χ2v) is 3.70. The van der Waals surface area contributed by atoms with Crippen molar-refractivity contribution >= 4 is 15.7 Å². The average molecular weight is 136 g/mol. The molecular weight excluding hydrogens is 118 g/mol. The highest BCUT2D eigenvalue weighted by Crippen LogP contribution is 2.31. The van der Waals surface area contributed by atoms with Gasteiger partial charge in [-0.15, -0.1) is 0 Å². The molecule has 1 rings (SSSR count). The minimum absolute atomic E-state index is 1.07. The number of hydrogen-bond acceptors (Lipinski definition) is 0. The van der Waals surface area contributed by atoms with Gasteiger partial charge in [0, 0.05) is 0 Å². The molecule has 10 heavy (non-hydrogen) atoms. The highest BCUT2D eigenvalue weighted by Gasteiger charge is 2.17. The molecule has 0 aromatic rings. The summed E-state index contributed by atoms with van der Waals surface area (Å²) in [6, 6.07) is 0. The van der Waals surface area contributed by atoms with Crippen LogP contribution in [0.15, 0.2) is 0 Å². The van der Waals surface area contributed by atoms with Crippen LogP contribution in [0.25, 0.3) is 0 Å². The van der Waals surface area contributed by atoms with Gasteiger partial charge in [0.25, 0.3) is 0 Å². The van der Waals surface area contributed by atoms with Gasteiger partial charge in [0.1, 0.15) is 15.7 Å². The van der Waals surface area contributed by atoms with Gasteiger partial charge < -0.3 is 0 Å². The van der Waals surface area contributed by atoms with Crippen molar-refractivity contribution in [2.24, 2.45) is 11.8 Å². The van der Waals surface area contributed by atoms with Crippen molar-refractivity contribution in [1.29, 1.82) is 0 Å². The molecule has 0 nitrogen and oxygen atoms in total. The number of hydrogen-bond donors (Lipinski definition) is 0. The van der Waals surface area contributed by atoms with Crippen molar-refractivity contribution in [1.82, 2.24) is 0 Å². The average Bonchev–Trinajstić information content (AvgIpc) is 2.05. The van der Waals surface area contributed by atoms with E-state index < -0.39 is 0 Å². The van der Waals surface area contributed by atoms with Crippen LogP contribution in [-0.2, 0) is 0 Å². The van der Waals surface area contributed by atoms with Gasteiger partial charge in [-0.05, 0) is 11.8 Å². The van der Waals surface area contributed by atoms with Crippen LogP contribution >= 0.6 is 0 Å². The fraction of sp³-hybridized carbons (Fsp3) is 1.00. The molecule has 1 aliphatic rings. The van der Waals surface area contributed by atoms with Crippen molar-refractivity contribution in [3.63, 3.8) is 0 Å². The lowest BCUT2D eigenvalue weighted by atomic mass is 9.73. The molecule has 56 valence electrons. The van der Waals surface area contributed by atoms with Crippen LogP contribution in [0.4, 0.5) is 0 Å². The Bertz CT molecular complexity index is 73.3. The third-order valence-electron chi connectivity index (χ3n) is 3.12.